The van der Waals surface area contributed by atoms with Crippen molar-refractivity contribution in [2.24, 2.45) is 0 Å². The van der Waals surface area contributed by atoms with Crippen LogP contribution in [0.5, 0.6) is 5.75 Å². The number of phenolic OH excluding ortho intramolecular Hbond substituents is 1. The second-order valence-corrected chi connectivity index (χ2v) is 7.48. The summed E-state index contributed by atoms with van der Waals surface area (Å²) in [5.74, 6) is 0.115. The van der Waals surface area contributed by atoms with E-state index in [1.807, 2.05) is 54.7 Å². The molecule has 0 bridgehead atoms. The van der Waals surface area contributed by atoms with Gasteiger partial charge in [0.1, 0.15) is 5.75 Å². The number of nitrogens with zero attached hydrogens (tertiary/aromatic N) is 1. The molecule has 0 saturated carbocycles. The fourth-order valence-corrected chi connectivity index (χ4v) is 4.12. The van der Waals surface area contributed by atoms with Gasteiger partial charge in [0.2, 0.25) is 0 Å². The third-order valence-electron chi connectivity index (χ3n) is 4.90. The molecule has 5 aromatic rings. The van der Waals surface area contributed by atoms with Crippen LogP contribution >= 0.6 is 15.9 Å². The van der Waals surface area contributed by atoms with Gasteiger partial charge in [-0.1, -0.05) is 52.3 Å². The van der Waals surface area contributed by atoms with Crippen LogP contribution in [-0.4, -0.2) is 9.51 Å². The highest BCUT2D eigenvalue weighted by Crippen LogP contribution is 2.35. The topological polar surface area (TPSA) is 41.7 Å². The maximum atomic E-state index is 13.1. The van der Waals surface area contributed by atoms with Gasteiger partial charge in [-0.2, -0.15) is 0 Å². The number of hydrogen-bond acceptors (Lipinski definition) is 2. The zero-order valence-electron chi connectivity index (χ0n) is 13.7. The Morgan fingerprint density at radius 2 is 1.69 bits per heavy atom. The molecule has 2 aromatic heterocycles. The van der Waals surface area contributed by atoms with Gasteiger partial charge in [0.05, 0.1) is 16.4 Å². The Hall–Kier alpha value is -2.85. The van der Waals surface area contributed by atoms with Gasteiger partial charge in [0.25, 0.3) is 0 Å². The summed E-state index contributed by atoms with van der Waals surface area (Å²) < 4.78 is 3.05. The molecule has 2 heterocycles. The zero-order chi connectivity index (χ0) is 17.8. The van der Waals surface area contributed by atoms with Gasteiger partial charge in [-0.15, -0.1) is 0 Å². The van der Waals surface area contributed by atoms with Crippen molar-refractivity contribution < 1.29 is 5.11 Å². The molecule has 126 valence electrons. The van der Waals surface area contributed by atoms with Gasteiger partial charge in [0, 0.05) is 33.4 Å². The summed E-state index contributed by atoms with van der Waals surface area (Å²) in [4.78, 5) is 13.1. The fraction of sp³-hybridized carbons (Fsp3) is 0.0455. The lowest BCUT2D eigenvalue weighted by atomic mass is 10.0. The molecule has 3 aromatic carbocycles. The van der Waals surface area contributed by atoms with E-state index in [0.29, 0.717) is 17.4 Å². The van der Waals surface area contributed by atoms with Crippen LogP contribution in [0.25, 0.3) is 27.2 Å². The van der Waals surface area contributed by atoms with Crippen molar-refractivity contribution in [3.8, 4) is 5.75 Å². The van der Waals surface area contributed by atoms with Crippen LogP contribution in [0.4, 0.5) is 0 Å². The molecule has 3 nitrogen and oxygen atoms in total. The first kappa shape index (κ1) is 15.4. The van der Waals surface area contributed by atoms with Crippen LogP contribution < -0.4 is 5.43 Å². The van der Waals surface area contributed by atoms with Crippen LogP contribution in [0, 0.1) is 0 Å². The smallest absolute Gasteiger partial charge is 0.193 e. The fourth-order valence-electron chi connectivity index (χ4n) is 3.77. The minimum absolute atomic E-state index is 0.0240. The third kappa shape index (κ3) is 2.22. The molecule has 0 unspecified atom stereocenters. The second kappa shape index (κ2) is 5.58. The van der Waals surface area contributed by atoms with Crippen LogP contribution in [0.3, 0.4) is 0 Å². The van der Waals surface area contributed by atoms with Crippen molar-refractivity contribution in [3.63, 3.8) is 0 Å². The minimum Gasteiger partial charge on any atom is -0.508 e. The summed E-state index contributed by atoms with van der Waals surface area (Å²) in [7, 11) is 0. The molecular formula is C22H14BrNO2. The maximum absolute atomic E-state index is 13.1. The number of halogens is 1. The van der Waals surface area contributed by atoms with Crippen LogP contribution in [-0.2, 0) is 6.42 Å². The standard InChI is InChI=1S/C22H14BrNO2/c23-15-6-7-17-18-10-16(25)11-19-21(18)24(20(17)9-15)12-14(22(19)26)8-13-4-2-1-3-5-13/h1-7,9-12,25H,8H2. The number of aromatic hydroxyl groups is 1. The lowest BCUT2D eigenvalue weighted by Gasteiger charge is -2.07. The third-order valence-corrected chi connectivity index (χ3v) is 5.40. The van der Waals surface area contributed by atoms with E-state index in [4.69, 9.17) is 0 Å². The molecule has 4 heteroatoms. The number of benzene rings is 3. The quantitative estimate of drug-likeness (QED) is 0.445. The van der Waals surface area contributed by atoms with E-state index in [1.165, 1.54) is 0 Å². The second-order valence-electron chi connectivity index (χ2n) is 6.57. The number of fused-ring (bicyclic) bond motifs is 3. The largest absolute Gasteiger partial charge is 0.508 e. The summed E-state index contributed by atoms with van der Waals surface area (Å²) in [6.45, 7) is 0. The first-order valence-electron chi connectivity index (χ1n) is 8.37. The molecule has 5 rings (SSSR count). The van der Waals surface area contributed by atoms with Crippen molar-refractivity contribution >= 4 is 43.1 Å². The van der Waals surface area contributed by atoms with Gasteiger partial charge in [0.15, 0.2) is 5.43 Å². The molecule has 0 saturated heterocycles. The predicted molar refractivity (Wildman–Crippen MR) is 108 cm³/mol. The highest BCUT2D eigenvalue weighted by Gasteiger charge is 2.17. The molecule has 0 atom stereocenters. The van der Waals surface area contributed by atoms with E-state index >= 15 is 0 Å². The van der Waals surface area contributed by atoms with Crippen molar-refractivity contribution in [2.75, 3.05) is 0 Å². The molecule has 1 N–H and O–H groups in total. The molecule has 26 heavy (non-hydrogen) atoms. The van der Waals surface area contributed by atoms with E-state index in [2.05, 4.69) is 20.3 Å². The number of phenols is 1. The number of aromatic nitrogens is 1. The van der Waals surface area contributed by atoms with Gasteiger partial charge in [-0.25, -0.2) is 0 Å². The molecule has 0 aliphatic rings. The molecule has 0 aliphatic carbocycles. The van der Waals surface area contributed by atoms with E-state index in [1.54, 1.807) is 12.1 Å². The Balaban J connectivity index is 1.92. The molecule has 0 spiro atoms. The summed E-state index contributed by atoms with van der Waals surface area (Å²) in [5, 5.41) is 12.7. The van der Waals surface area contributed by atoms with Gasteiger partial charge in [-0.3, -0.25) is 4.79 Å². The number of rotatable bonds is 2. The Bertz CT molecular complexity index is 1340. The van der Waals surface area contributed by atoms with Crippen molar-refractivity contribution in [2.45, 2.75) is 6.42 Å². The average molecular weight is 404 g/mol. The van der Waals surface area contributed by atoms with Crippen molar-refractivity contribution in [3.05, 3.63) is 92.7 Å². The normalized spacial score (nSPS) is 11.7. The molecular weight excluding hydrogens is 390 g/mol. The van der Waals surface area contributed by atoms with E-state index in [-0.39, 0.29) is 11.2 Å². The zero-order valence-corrected chi connectivity index (χ0v) is 15.3. The van der Waals surface area contributed by atoms with E-state index in [0.717, 1.165) is 31.8 Å². The van der Waals surface area contributed by atoms with Gasteiger partial charge in [-0.05, 0) is 29.8 Å². The Morgan fingerprint density at radius 3 is 2.50 bits per heavy atom. The highest BCUT2D eigenvalue weighted by atomic mass is 79.9. The molecule has 0 fully saturated rings. The molecule has 0 radical (unpaired) electrons. The SMILES string of the molecule is O=c1c(Cc2ccccc2)cn2c3cc(Br)ccc3c3cc(O)cc1c32. The maximum Gasteiger partial charge on any atom is 0.193 e. The van der Waals surface area contributed by atoms with E-state index in [9.17, 15) is 9.90 Å². The summed E-state index contributed by atoms with van der Waals surface area (Å²) in [5.41, 5.74) is 3.65. The lowest BCUT2D eigenvalue weighted by Crippen LogP contribution is -2.12. The Morgan fingerprint density at radius 1 is 0.923 bits per heavy atom. The highest BCUT2D eigenvalue weighted by molar-refractivity contribution is 9.10. The van der Waals surface area contributed by atoms with Crippen LogP contribution in [0.2, 0.25) is 0 Å². The lowest BCUT2D eigenvalue weighted by molar-refractivity contribution is 0.477. The van der Waals surface area contributed by atoms with Crippen LogP contribution in [0.1, 0.15) is 11.1 Å². The van der Waals surface area contributed by atoms with E-state index < -0.39 is 0 Å². The summed E-state index contributed by atoms with van der Waals surface area (Å²) in [6.07, 6.45) is 2.50. The van der Waals surface area contributed by atoms with Crippen molar-refractivity contribution in [1.29, 1.82) is 0 Å². The average Bonchev–Trinajstić information content (AvgIpc) is 2.93. The minimum atomic E-state index is -0.0240. The van der Waals surface area contributed by atoms with Gasteiger partial charge < -0.3 is 9.51 Å². The molecule has 0 aliphatic heterocycles. The summed E-state index contributed by atoms with van der Waals surface area (Å²) >= 11 is 3.53. The van der Waals surface area contributed by atoms with Crippen LogP contribution in [0.15, 0.2) is 76.1 Å². The Kier molecular flexibility index (Phi) is 3.31. The number of hydrogen-bond donors (Lipinski definition) is 1. The number of pyridine rings is 1. The first-order valence-corrected chi connectivity index (χ1v) is 9.16. The monoisotopic (exact) mass is 403 g/mol. The first-order chi connectivity index (χ1) is 12.6. The van der Waals surface area contributed by atoms with Gasteiger partial charge >= 0.3 is 0 Å². The predicted octanol–water partition coefficient (Wildman–Crippen LogP) is 5.10. The molecule has 0 amide bonds. The summed E-state index contributed by atoms with van der Waals surface area (Å²) in [6, 6.07) is 19.3. The Labute approximate surface area is 157 Å². The van der Waals surface area contributed by atoms with Crippen molar-refractivity contribution in [1.82, 2.24) is 4.40 Å².